The highest BCUT2D eigenvalue weighted by Crippen LogP contribution is 2.28. The number of halogens is 1. The monoisotopic (exact) mass is 462 g/mol. The predicted molar refractivity (Wildman–Crippen MR) is 136 cm³/mol. The van der Waals surface area contributed by atoms with Crippen LogP contribution in [0.3, 0.4) is 0 Å². The van der Waals surface area contributed by atoms with Crippen LogP contribution in [0.1, 0.15) is 48.4 Å². The topological polar surface area (TPSA) is 36.3 Å². The Morgan fingerprint density at radius 1 is 0.909 bits per heavy atom. The lowest BCUT2D eigenvalue weighted by atomic mass is 10.1. The van der Waals surface area contributed by atoms with Crippen LogP contribution in [0, 0.1) is 20.8 Å². The van der Waals surface area contributed by atoms with Crippen molar-refractivity contribution in [1.82, 2.24) is 9.55 Å². The fourth-order valence-corrected chi connectivity index (χ4v) is 4.28. The number of unbranched alkanes of at least 4 members (excludes halogenated alkanes) is 1. The van der Waals surface area contributed by atoms with E-state index < -0.39 is 0 Å². The summed E-state index contributed by atoms with van der Waals surface area (Å²) in [7, 11) is 0. The molecule has 5 heteroatoms. The molecule has 3 aromatic carbocycles. The summed E-state index contributed by atoms with van der Waals surface area (Å²) in [5.74, 6) is 2.67. The molecule has 1 unspecified atom stereocenters. The van der Waals surface area contributed by atoms with Crippen LogP contribution in [0.15, 0.2) is 60.7 Å². The number of imidazole rings is 1. The van der Waals surface area contributed by atoms with Gasteiger partial charge < -0.3 is 14.0 Å². The van der Waals surface area contributed by atoms with Gasteiger partial charge in [-0.15, -0.1) is 0 Å². The Bertz CT molecular complexity index is 1230. The van der Waals surface area contributed by atoms with Crippen molar-refractivity contribution in [3.8, 4) is 11.5 Å². The highest BCUT2D eigenvalue weighted by atomic mass is 35.5. The standard InChI is InChI=1S/C28H31ClN2O2/c1-19-15-20(2)17-24(16-19)32-14-8-7-13-31-27-10-6-5-9-26(27)30-28(31)22(4)33-23-11-12-25(29)21(3)18-23/h5-6,9-12,15-18,22H,7-8,13-14H2,1-4H3. The summed E-state index contributed by atoms with van der Waals surface area (Å²) < 4.78 is 14.5. The number of rotatable bonds is 9. The number of ether oxygens (including phenoxy) is 2. The smallest absolute Gasteiger partial charge is 0.153 e. The second-order valence-corrected chi connectivity index (χ2v) is 9.07. The van der Waals surface area contributed by atoms with E-state index in [2.05, 4.69) is 54.8 Å². The van der Waals surface area contributed by atoms with Gasteiger partial charge in [-0.25, -0.2) is 4.98 Å². The molecule has 0 amide bonds. The molecule has 0 aliphatic carbocycles. The Morgan fingerprint density at radius 2 is 1.67 bits per heavy atom. The highest BCUT2D eigenvalue weighted by Gasteiger charge is 2.18. The second kappa shape index (κ2) is 10.3. The molecular weight excluding hydrogens is 432 g/mol. The highest BCUT2D eigenvalue weighted by molar-refractivity contribution is 6.31. The molecule has 4 aromatic rings. The first-order valence-electron chi connectivity index (χ1n) is 11.5. The number of fused-ring (bicyclic) bond motifs is 1. The predicted octanol–water partition coefficient (Wildman–Crippen LogP) is 7.61. The average Bonchev–Trinajstić information content (AvgIpc) is 3.14. The molecule has 0 radical (unpaired) electrons. The van der Waals surface area contributed by atoms with Crippen molar-refractivity contribution in [3.05, 3.63) is 88.2 Å². The van der Waals surface area contributed by atoms with Crippen molar-refractivity contribution >= 4 is 22.6 Å². The van der Waals surface area contributed by atoms with Crippen molar-refractivity contribution in [3.63, 3.8) is 0 Å². The van der Waals surface area contributed by atoms with E-state index in [1.54, 1.807) is 0 Å². The quantitative estimate of drug-likeness (QED) is 0.240. The Labute approximate surface area is 201 Å². The van der Waals surface area contributed by atoms with Crippen LogP contribution in [0.2, 0.25) is 5.02 Å². The summed E-state index contributed by atoms with van der Waals surface area (Å²) in [6.45, 7) is 9.78. The first kappa shape index (κ1) is 23.2. The molecule has 0 saturated heterocycles. The number of benzene rings is 3. The Balaban J connectivity index is 1.43. The van der Waals surface area contributed by atoms with Crippen LogP contribution in [0.4, 0.5) is 0 Å². The fraction of sp³-hybridized carbons (Fsp3) is 0.321. The lowest BCUT2D eigenvalue weighted by Gasteiger charge is -2.17. The maximum absolute atomic E-state index is 6.25. The lowest BCUT2D eigenvalue weighted by Crippen LogP contribution is -2.13. The molecule has 0 aliphatic rings. The van der Waals surface area contributed by atoms with E-state index >= 15 is 0 Å². The first-order chi connectivity index (χ1) is 15.9. The van der Waals surface area contributed by atoms with Gasteiger partial charge in [0.1, 0.15) is 11.5 Å². The summed E-state index contributed by atoms with van der Waals surface area (Å²) >= 11 is 6.17. The number of aryl methyl sites for hydroxylation is 4. The van der Waals surface area contributed by atoms with Gasteiger partial charge in [0.15, 0.2) is 11.9 Å². The van der Waals surface area contributed by atoms with Gasteiger partial charge in [0.05, 0.1) is 17.6 Å². The van der Waals surface area contributed by atoms with Gasteiger partial charge in [-0.3, -0.25) is 0 Å². The van der Waals surface area contributed by atoms with Crippen LogP contribution >= 0.6 is 11.6 Å². The van der Waals surface area contributed by atoms with Crippen LogP contribution in [0.25, 0.3) is 11.0 Å². The molecule has 4 nitrogen and oxygen atoms in total. The van der Waals surface area contributed by atoms with Crippen LogP contribution in [-0.2, 0) is 6.54 Å². The van der Waals surface area contributed by atoms with Gasteiger partial charge in [0.25, 0.3) is 0 Å². The molecule has 0 bridgehead atoms. The Morgan fingerprint density at radius 3 is 2.42 bits per heavy atom. The van der Waals surface area contributed by atoms with Crippen molar-refractivity contribution in [1.29, 1.82) is 0 Å². The molecule has 1 atom stereocenters. The van der Waals surface area contributed by atoms with E-state index in [9.17, 15) is 0 Å². The number of nitrogens with zero attached hydrogens (tertiary/aromatic N) is 2. The van der Waals surface area contributed by atoms with Crippen molar-refractivity contribution in [2.75, 3.05) is 6.61 Å². The zero-order chi connectivity index (χ0) is 23.4. The largest absolute Gasteiger partial charge is 0.494 e. The minimum atomic E-state index is -0.190. The van der Waals surface area contributed by atoms with Gasteiger partial charge in [-0.1, -0.05) is 29.8 Å². The van der Waals surface area contributed by atoms with Crippen molar-refractivity contribution in [2.45, 2.75) is 53.2 Å². The third kappa shape index (κ3) is 5.69. The number of aromatic nitrogens is 2. The third-order valence-electron chi connectivity index (χ3n) is 5.73. The summed E-state index contributed by atoms with van der Waals surface area (Å²) in [6, 6.07) is 20.3. The van der Waals surface area contributed by atoms with Gasteiger partial charge >= 0.3 is 0 Å². The summed E-state index contributed by atoms with van der Waals surface area (Å²) in [5.41, 5.74) is 5.57. The normalized spacial score (nSPS) is 12.2. The molecule has 0 N–H and O–H groups in total. The van der Waals surface area contributed by atoms with Gasteiger partial charge in [0.2, 0.25) is 0 Å². The second-order valence-electron chi connectivity index (χ2n) is 8.66. The molecule has 0 saturated carbocycles. The number of hydrogen-bond acceptors (Lipinski definition) is 3. The van der Waals surface area contributed by atoms with E-state index in [1.807, 2.05) is 38.1 Å². The SMILES string of the molecule is Cc1cc(C)cc(OCCCCn2c(C(C)Oc3ccc(Cl)c(C)c3)nc3ccccc32)c1. The van der Waals surface area contributed by atoms with Crippen LogP contribution < -0.4 is 9.47 Å². The molecule has 33 heavy (non-hydrogen) atoms. The maximum atomic E-state index is 6.25. The van der Waals surface area contributed by atoms with Gasteiger partial charge in [-0.05, 0) is 99.7 Å². The minimum Gasteiger partial charge on any atom is -0.494 e. The molecule has 4 rings (SSSR count). The molecule has 172 valence electrons. The van der Waals surface area contributed by atoms with Crippen LogP contribution in [-0.4, -0.2) is 16.2 Å². The number of hydrogen-bond donors (Lipinski definition) is 0. The Hall–Kier alpha value is -2.98. The molecule has 1 aromatic heterocycles. The zero-order valence-electron chi connectivity index (χ0n) is 19.8. The van der Waals surface area contributed by atoms with Crippen molar-refractivity contribution < 1.29 is 9.47 Å². The molecule has 1 heterocycles. The van der Waals surface area contributed by atoms with E-state index in [4.69, 9.17) is 26.1 Å². The van der Waals surface area contributed by atoms with E-state index in [0.29, 0.717) is 6.61 Å². The Kier molecular flexibility index (Phi) is 7.24. The maximum Gasteiger partial charge on any atom is 0.153 e. The van der Waals surface area contributed by atoms with Crippen LogP contribution in [0.5, 0.6) is 11.5 Å². The van der Waals surface area contributed by atoms with E-state index in [0.717, 1.165) is 58.3 Å². The molecular formula is C28H31ClN2O2. The minimum absolute atomic E-state index is 0.190. The molecule has 0 aliphatic heterocycles. The number of para-hydroxylation sites is 2. The average molecular weight is 463 g/mol. The van der Waals surface area contributed by atoms with Gasteiger partial charge in [-0.2, -0.15) is 0 Å². The van der Waals surface area contributed by atoms with Crippen molar-refractivity contribution in [2.24, 2.45) is 0 Å². The van der Waals surface area contributed by atoms with E-state index in [1.165, 1.54) is 11.1 Å². The first-order valence-corrected chi connectivity index (χ1v) is 11.9. The molecule has 0 fully saturated rings. The fourth-order valence-electron chi connectivity index (χ4n) is 4.17. The van der Waals surface area contributed by atoms with E-state index in [-0.39, 0.29) is 6.10 Å². The summed E-state index contributed by atoms with van der Waals surface area (Å²) in [4.78, 5) is 4.90. The zero-order valence-corrected chi connectivity index (χ0v) is 20.5. The third-order valence-corrected chi connectivity index (χ3v) is 6.15. The van der Waals surface area contributed by atoms with Gasteiger partial charge in [0, 0.05) is 11.6 Å². The summed E-state index contributed by atoms with van der Waals surface area (Å²) in [5, 5.41) is 0.741. The summed E-state index contributed by atoms with van der Waals surface area (Å²) in [6.07, 6.45) is 1.76. The molecule has 0 spiro atoms. The lowest BCUT2D eigenvalue weighted by molar-refractivity contribution is 0.210.